The molecule has 0 saturated heterocycles. The lowest BCUT2D eigenvalue weighted by Gasteiger charge is -2.13. The van der Waals surface area contributed by atoms with Crippen molar-refractivity contribution in [1.82, 2.24) is 0 Å². The van der Waals surface area contributed by atoms with Crippen LogP contribution in [0.3, 0.4) is 0 Å². The maximum atomic E-state index is 12.4. The molecule has 2 aromatic rings. The highest BCUT2D eigenvalue weighted by Gasteiger charge is 2.15. The number of rotatable bonds is 7. The van der Waals surface area contributed by atoms with Gasteiger partial charge in [-0.3, -0.25) is 4.79 Å². The smallest absolute Gasteiger partial charge is 0.185 e. The molecule has 0 fully saturated rings. The fourth-order valence-electron chi connectivity index (χ4n) is 2.37. The van der Waals surface area contributed by atoms with E-state index >= 15 is 0 Å². The number of nitrogens with zero attached hydrogens (tertiary/aromatic N) is 2. The van der Waals surface area contributed by atoms with Crippen LogP contribution in [0.1, 0.15) is 6.92 Å². The number of allylic oxidation sites excluding steroid dienone is 2. The minimum absolute atomic E-state index is 0.00638. The number of ether oxygens (including phenoxy) is 2. The molecule has 0 bridgehead atoms. The number of thioether (sulfide) groups is 1. The summed E-state index contributed by atoms with van der Waals surface area (Å²) in [5.74, 6) is 0.844. The third-order valence-electron chi connectivity index (χ3n) is 3.78. The van der Waals surface area contributed by atoms with Crippen LogP contribution < -0.4 is 20.5 Å². The summed E-state index contributed by atoms with van der Waals surface area (Å²) in [6.45, 7) is 1.53. The maximum Gasteiger partial charge on any atom is 0.185 e. The number of para-hydroxylation sites is 4. The van der Waals surface area contributed by atoms with E-state index in [0.717, 1.165) is 11.8 Å². The number of aliphatic imine (C=N–C) groups is 1. The average molecular weight is 410 g/mol. The summed E-state index contributed by atoms with van der Waals surface area (Å²) < 4.78 is 10.7. The highest BCUT2D eigenvalue weighted by atomic mass is 32.2. The molecule has 0 spiro atoms. The molecule has 150 valence electrons. The molecule has 0 saturated carbocycles. The number of carbonyl (C=O) groups excluding carboxylic acids is 1. The van der Waals surface area contributed by atoms with Crippen LogP contribution in [0.2, 0.25) is 0 Å². The topological polar surface area (TPSA) is 110 Å². The van der Waals surface area contributed by atoms with Crippen LogP contribution in [0.25, 0.3) is 0 Å². The van der Waals surface area contributed by atoms with Crippen molar-refractivity contribution in [3.05, 3.63) is 59.8 Å². The summed E-state index contributed by atoms with van der Waals surface area (Å²) in [6.07, 6.45) is 0. The van der Waals surface area contributed by atoms with Gasteiger partial charge in [-0.15, -0.1) is 0 Å². The van der Waals surface area contributed by atoms with Crippen LogP contribution in [0, 0.1) is 11.3 Å². The van der Waals surface area contributed by atoms with Crippen molar-refractivity contribution in [2.45, 2.75) is 6.92 Å². The lowest BCUT2D eigenvalue weighted by Crippen LogP contribution is -2.15. The number of carbonyl (C=O) groups is 1. The van der Waals surface area contributed by atoms with Gasteiger partial charge in [-0.05, 0) is 31.2 Å². The number of nitriles is 1. The predicted octanol–water partition coefficient (Wildman–Crippen LogP) is 3.86. The fourth-order valence-corrected chi connectivity index (χ4v) is 3.12. The molecule has 0 aliphatic carbocycles. The number of nitrogens with one attached hydrogen (secondary N) is 1. The molecule has 0 amide bonds. The van der Waals surface area contributed by atoms with E-state index in [1.165, 1.54) is 6.92 Å². The van der Waals surface area contributed by atoms with Gasteiger partial charge in [0.15, 0.2) is 11.0 Å². The Bertz CT molecular complexity index is 976. The predicted molar refractivity (Wildman–Crippen MR) is 117 cm³/mol. The Labute approximate surface area is 174 Å². The Morgan fingerprint density at radius 1 is 1.14 bits per heavy atom. The number of Topliss-reactive ketones (excluding diaryl/α,β-unsaturated/α-hetero) is 1. The third-order valence-corrected chi connectivity index (χ3v) is 4.65. The zero-order valence-corrected chi connectivity index (χ0v) is 17.2. The summed E-state index contributed by atoms with van der Waals surface area (Å²) >= 11 is 1.16. The Morgan fingerprint density at radius 2 is 1.76 bits per heavy atom. The van der Waals surface area contributed by atoms with Gasteiger partial charge in [0.1, 0.15) is 28.8 Å². The number of hydrogen-bond acceptors (Lipinski definition) is 7. The second kappa shape index (κ2) is 10.8. The summed E-state index contributed by atoms with van der Waals surface area (Å²) in [6, 6.07) is 16.5. The first-order valence-corrected chi connectivity index (χ1v) is 9.63. The van der Waals surface area contributed by atoms with Crippen LogP contribution in [0.5, 0.6) is 11.5 Å². The molecular formula is C21H22N4O3S. The van der Waals surface area contributed by atoms with Crippen molar-refractivity contribution in [3.63, 3.8) is 0 Å². The van der Waals surface area contributed by atoms with E-state index in [1.54, 1.807) is 26.4 Å². The molecule has 0 unspecified atom stereocenters. The standard InChI is InChI=1S/C21H22N4O3S/c1-14(23)15(12-22)18(26)13-29-21(24-16-8-4-6-10-19(16)27-2)25-17-9-5-7-11-20(17)28-3/h4-11H,13,23H2,1-3H3,(H,24,25). The first-order valence-electron chi connectivity index (χ1n) is 8.64. The van der Waals surface area contributed by atoms with Crippen molar-refractivity contribution in [3.8, 4) is 17.6 Å². The van der Waals surface area contributed by atoms with Crippen molar-refractivity contribution < 1.29 is 14.3 Å². The number of anilines is 1. The van der Waals surface area contributed by atoms with Crippen LogP contribution in [0.4, 0.5) is 11.4 Å². The first kappa shape index (κ1) is 21.9. The molecular weight excluding hydrogens is 388 g/mol. The number of benzene rings is 2. The minimum atomic E-state index is -0.368. The van der Waals surface area contributed by atoms with Gasteiger partial charge >= 0.3 is 0 Å². The van der Waals surface area contributed by atoms with Gasteiger partial charge in [-0.1, -0.05) is 36.0 Å². The minimum Gasteiger partial charge on any atom is -0.495 e. The average Bonchev–Trinajstić information content (AvgIpc) is 2.73. The largest absolute Gasteiger partial charge is 0.495 e. The Hall–Kier alpha value is -3.44. The first-order chi connectivity index (χ1) is 14.0. The molecule has 0 heterocycles. The van der Waals surface area contributed by atoms with E-state index in [9.17, 15) is 4.79 Å². The Morgan fingerprint density at radius 3 is 2.38 bits per heavy atom. The number of hydrogen-bond donors (Lipinski definition) is 2. The fraction of sp³-hybridized carbons (Fsp3) is 0.190. The van der Waals surface area contributed by atoms with Crippen molar-refractivity contribution >= 4 is 34.1 Å². The van der Waals surface area contributed by atoms with Gasteiger partial charge in [0.25, 0.3) is 0 Å². The number of nitrogens with two attached hydrogens (primary N) is 1. The Balaban J connectivity index is 2.35. The highest BCUT2D eigenvalue weighted by Crippen LogP contribution is 2.30. The normalized spacial score (nSPS) is 11.9. The molecule has 8 heteroatoms. The molecule has 0 atom stereocenters. The SMILES string of the molecule is COc1ccccc1N=C(Nc1ccccc1OC)SCC(=O)C(C#N)=C(C)N. The molecule has 7 nitrogen and oxygen atoms in total. The zero-order valence-electron chi connectivity index (χ0n) is 16.4. The van der Waals surface area contributed by atoms with E-state index in [1.807, 2.05) is 42.5 Å². The lowest BCUT2D eigenvalue weighted by molar-refractivity contribution is -0.112. The monoisotopic (exact) mass is 410 g/mol. The number of ketones is 1. The molecule has 0 radical (unpaired) electrons. The van der Waals surface area contributed by atoms with Crippen LogP contribution in [-0.2, 0) is 4.79 Å². The maximum absolute atomic E-state index is 12.4. The van der Waals surface area contributed by atoms with Crippen molar-refractivity contribution in [2.75, 3.05) is 25.3 Å². The van der Waals surface area contributed by atoms with E-state index in [0.29, 0.717) is 28.0 Å². The number of amidine groups is 1. The molecule has 2 rings (SSSR count). The van der Waals surface area contributed by atoms with Crippen LogP contribution >= 0.6 is 11.8 Å². The van der Waals surface area contributed by atoms with E-state index in [4.69, 9.17) is 20.5 Å². The zero-order chi connectivity index (χ0) is 21.2. The van der Waals surface area contributed by atoms with Gasteiger partial charge < -0.3 is 20.5 Å². The molecule has 2 aromatic carbocycles. The van der Waals surface area contributed by atoms with Gasteiger partial charge in [-0.25, -0.2) is 4.99 Å². The van der Waals surface area contributed by atoms with Gasteiger partial charge in [0.05, 0.1) is 25.7 Å². The van der Waals surface area contributed by atoms with E-state index < -0.39 is 0 Å². The van der Waals surface area contributed by atoms with Crippen molar-refractivity contribution in [2.24, 2.45) is 10.7 Å². The molecule has 0 aliphatic heterocycles. The van der Waals surface area contributed by atoms with E-state index in [2.05, 4.69) is 10.3 Å². The lowest BCUT2D eigenvalue weighted by atomic mass is 10.2. The second-order valence-corrected chi connectivity index (χ2v) is 6.76. The molecule has 3 N–H and O–H groups in total. The van der Waals surface area contributed by atoms with Gasteiger partial charge in [0, 0.05) is 5.70 Å². The summed E-state index contributed by atoms with van der Waals surface area (Å²) in [4.78, 5) is 17.0. The van der Waals surface area contributed by atoms with Crippen LogP contribution in [0.15, 0.2) is 64.8 Å². The van der Waals surface area contributed by atoms with Gasteiger partial charge in [0.2, 0.25) is 0 Å². The van der Waals surface area contributed by atoms with E-state index in [-0.39, 0.29) is 22.8 Å². The van der Waals surface area contributed by atoms with Crippen LogP contribution in [-0.4, -0.2) is 30.9 Å². The molecule has 29 heavy (non-hydrogen) atoms. The second-order valence-electron chi connectivity index (χ2n) is 5.80. The summed E-state index contributed by atoms with van der Waals surface area (Å²) in [5, 5.41) is 12.8. The highest BCUT2D eigenvalue weighted by molar-refractivity contribution is 8.14. The molecule has 0 aliphatic rings. The Kier molecular flexibility index (Phi) is 8.12. The quantitative estimate of drug-likeness (QED) is 0.309. The summed E-state index contributed by atoms with van der Waals surface area (Å²) in [5.41, 5.74) is 7.05. The number of methoxy groups -OCH3 is 2. The molecule has 0 aromatic heterocycles. The van der Waals surface area contributed by atoms with Gasteiger partial charge in [-0.2, -0.15) is 5.26 Å². The summed E-state index contributed by atoms with van der Waals surface area (Å²) in [7, 11) is 3.13. The van der Waals surface area contributed by atoms with Crippen molar-refractivity contribution in [1.29, 1.82) is 5.26 Å². The third kappa shape index (κ3) is 6.02.